The second-order valence-electron chi connectivity index (χ2n) is 7.08. The van der Waals surface area contributed by atoms with Gasteiger partial charge in [0.1, 0.15) is 18.0 Å². The molecule has 1 aromatic carbocycles. The highest BCUT2D eigenvalue weighted by Gasteiger charge is 2.11. The molecule has 138 valence electrons. The molecular formula is C22H25N5. The van der Waals surface area contributed by atoms with E-state index in [1.165, 1.54) is 12.0 Å². The molecule has 0 aliphatic carbocycles. The van der Waals surface area contributed by atoms with Gasteiger partial charge in [0, 0.05) is 29.9 Å². The van der Waals surface area contributed by atoms with Crippen molar-refractivity contribution in [1.29, 1.82) is 0 Å². The van der Waals surface area contributed by atoms with Crippen molar-refractivity contribution < 1.29 is 0 Å². The van der Waals surface area contributed by atoms with Gasteiger partial charge < -0.3 is 10.6 Å². The average Bonchev–Trinajstić information content (AvgIpc) is 2.73. The van der Waals surface area contributed by atoms with Crippen LogP contribution in [0.4, 0.5) is 11.6 Å². The highest BCUT2D eigenvalue weighted by molar-refractivity contribution is 5.61. The third kappa shape index (κ3) is 4.42. The molecule has 0 radical (unpaired) electrons. The largest absolute Gasteiger partial charge is 0.370 e. The van der Waals surface area contributed by atoms with Crippen LogP contribution in [0.5, 0.6) is 0 Å². The van der Waals surface area contributed by atoms with E-state index in [0.717, 1.165) is 54.4 Å². The fourth-order valence-electron chi connectivity index (χ4n) is 3.40. The van der Waals surface area contributed by atoms with E-state index < -0.39 is 0 Å². The first-order chi connectivity index (χ1) is 13.3. The van der Waals surface area contributed by atoms with E-state index in [2.05, 4.69) is 51.8 Å². The quantitative estimate of drug-likeness (QED) is 0.686. The molecule has 0 bridgehead atoms. The Balaban J connectivity index is 1.36. The summed E-state index contributed by atoms with van der Waals surface area (Å²) in [5.74, 6) is 1.93. The maximum atomic E-state index is 4.78. The predicted octanol–water partition coefficient (Wildman–Crippen LogP) is 4.33. The van der Waals surface area contributed by atoms with Crippen LogP contribution in [0.3, 0.4) is 0 Å². The zero-order valence-electron chi connectivity index (χ0n) is 15.7. The molecule has 2 aromatic heterocycles. The lowest BCUT2D eigenvalue weighted by atomic mass is 10.1. The van der Waals surface area contributed by atoms with Gasteiger partial charge in [-0.2, -0.15) is 0 Å². The number of pyridine rings is 1. The van der Waals surface area contributed by atoms with Crippen LogP contribution in [0.15, 0.2) is 54.9 Å². The number of aryl methyl sites for hydroxylation is 2. The zero-order chi connectivity index (χ0) is 18.5. The van der Waals surface area contributed by atoms with Crippen molar-refractivity contribution in [2.45, 2.75) is 38.6 Å². The Morgan fingerprint density at radius 3 is 2.89 bits per heavy atom. The Kier molecular flexibility index (Phi) is 5.28. The molecule has 1 aliphatic heterocycles. The maximum Gasteiger partial charge on any atom is 0.130 e. The Bertz CT molecular complexity index is 894. The molecular weight excluding hydrogens is 334 g/mol. The molecule has 5 heteroatoms. The van der Waals surface area contributed by atoms with Crippen LogP contribution in [0.1, 0.15) is 31.0 Å². The van der Waals surface area contributed by atoms with Crippen LogP contribution < -0.4 is 10.6 Å². The predicted molar refractivity (Wildman–Crippen MR) is 110 cm³/mol. The van der Waals surface area contributed by atoms with Crippen molar-refractivity contribution in [3.63, 3.8) is 0 Å². The van der Waals surface area contributed by atoms with Gasteiger partial charge >= 0.3 is 0 Å². The van der Waals surface area contributed by atoms with Crippen LogP contribution >= 0.6 is 0 Å². The normalized spacial score (nSPS) is 14.1. The van der Waals surface area contributed by atoms with E-state index >= 15 is 0 Å². The van der Waals surface area contributed by atoms with E-state index in [1.807, 2.05) is 24.3 Å². The van der Waals surface area contributed by atoms with Crippen LogP contribution in [-0.4, -0.2) is 27.5 Å². The summed E-state index contributed by atoms with van der Waals surface area (Å²) in [5.41, 5.74) is 4.51. The summed E-state index contributed by atoms with van der Waals surface area (Å²) in [7, 11) is 0. The summed E-state index contributed by atoms with van der Waals surface area (Å²) in [6, 6.07) is 16.9. The molecule has 3 aromatic rings. The molecule has 1 atom stereocenters. The molecule has 1 aliphatic rings. The molecule has 2 N–H and O–H groups in total. The third-order valence-corrected chi connectivity index (χ3v) is 4.92. The van der Waals surface area contributed by atoms with E-state index in [-0.39, 0.29) is 0 Å². The number of nitrogens with zero attached hydrogens (tertiary/aromatic N) is 3. The van der Waals surface area contributed by atoms with Gasteiger partial charge in [-0.25, -0.2) is 15.0 Å². The van der Waals surface area contributed by atoms with Gasteiger partial charge in [0.15, 0.2) is 0 Å². The summed E-state index contributed by atoms with van der Waals surface area (Å²) < 4.78 is 0. The molecule has 0 saturated heterocycles. The topological polar surface area (TPSA) is 62.7 Å². The lowest BCUT2D eigenvalue weighted by molar-refractivity contribution is 0.690. The van der Waals surface area contributed by atoms with Crippen molar-refractivity contribution >= 4 is 11.6 Å². The molecule has 4 rings (SSSR count). The molecule has 0 spiro atoms. The molecule has 3 heterocycles. The number of hydrogen-bond acceptors (Lipinski definition) is 5. The zero-order valence-corrected chi connectivity index (χ0v) is 15.7. The Labute approximate surface area is 160 Å². The fourth-order valence-corrected chi connectivity index (χ4v) is 3.40. The molecule has 0 saturated carbocycles. The van der Waals surface area contributed by atoms with Crippen molar-refractivity contribution in [2.24, 2.45) is 0 Å². The number of rotatable bonds is 6. The molecule has 0 fully saturated rings. The fraction of sp³-hybridized carbons (Fsp3) is 0.318. The summed E-state index contributed by atoms with van der Waals surface area (Å²) >= 11 is 0. The number of aromatic nitrogens is 3. The monoisotopic (exact) mass is 359 g/mol. The molecule has 27 heavy (non-hydrogen) atoms. The van der Waals surface area contributed by atoms with Gasteiger partial charge in [-0.15, -0.1) is 0 Å². The van der Waals surface area contributed by atoms with Gasteiger partial charge in [-0.05, 0) is 44.2 Å². The van der Waals surface area contributed by atoms with E-state index in [0.29, 0.717) is 6.04 Å². The van der Waals surface area contributed by atoms with Crippen molar-refractivity contribution in [2.75, 3.05) is 17.2 Å². The van der Waals surface area contributed by atoms with Crippen molar-refractivity contribution in [1.82, 2.24) is 15.0 Å². The summed E-state index contributed by atoms with van der Waals surface area (Å²) in [4.78, 5) is 13.5. The molecule has 0 unspecified atom stereocenters. The van der Waals surface area contributed by atoms with Crippen LogP contribution in [0.25, 0.3) is 11.3 Å². The number of anilines is 2. The van der Waals surface area contributed by atoms with Crippen LogP contribution in [-0.2, 0) is 12.8 Å². The second kappa shape index (κ2) is 8.16. The van der Waals surface area contributed by atoms with Crippen molar-refractivity contribution in [3.8, 4) is 11.3 Å². The SMILES string of the molecule is C[C@@H](CCc1ccc2c(n1)NCCC2)Nc1cc(-c2ccccc2)ncn1. The minimum atomic E-state index is 0.300. The average molecular weight is 359 g/mol. The molecule has 0 amide bonds. The van der Waals surface area contributed by atoms with E-state index in [9.17, 15) is 0 Å². The van der Waals surface area contributed by atoms with Gasteiger partial charge in [0.25, 0.3) is 0 Å². The molecule has 5 nitrogen and oxygen atoms in total. The first-order valence-electron chi connectivity index (χ1n) is 9.64. The lowest BCUT2D eigenvalue weighted by Gasteiger charge is -2.18. The Hall–Kier alpha value is -2.95. The van der Waals surface area contributed by atoms with Gasteiger partial charge in [0.2, 0.25) is 0 Å². The first-order valence-corrected chi connectivity index (χ1v) is 9.64. The second-order valence-corrected chi connectivity index (χ2v) is 7.08. The number of fused-ring (bicyclic) bond motifs is 1. The first kappa shape index (κ1) is 17.5. The van der Waals surface area contributed by atoms with Gasteiger partial charge in [-0.1, -0.05) is 36.4 Å². The Morgan fingerprint density at radius 1 is 1.11 bits per heavy atom. The number of nitrogens with one attached hydrogen (secondary N) is 2. The van der Waals surface area contributed by atoms with E-state index in [1.54, 1.807) is 6.33 Å². The van der Waals surface area contributed by atoms with Crippen LogP contribution in [0.2, 0.25) is 0 Å². The third-order valence-electron chi connectivity index (χ3n) is 4.92. The number of hydrogen-bond donors (Lipinski definition) is 2. The maximum absolute atomic E-state index is 4.78. The highest BCUT2D eigenvalue weighted by Crippen LogP contribution is 2.21. The Morgan fingerprint density at radius 2 is 2.00 bits per heavy atom. The summed E-state index contributed by atoms with van der Waals surface area (Å²) in [5, 5.41) is 6.90. The standard InChI is InChI=1S/C22H25N5/c1-16(9-11-19-12-10-18-8-5-13-23-22(18)27-19)26-21-14-20(24-15-25-21)17-6-3-2-4-7-17/h2-4,6-7,10,12,14-16H,5,8-9,11,13H2,1H3,(H,23,27)(H,24,25,26)/t16-/m0/s1. The summed E-state index contributed by atoms with van der Waals surface area (Å²) in [6.07, 6.45) is 5.88. The lowest BCUT2D eigenvalue weighted by Crippen LogP contribution is -2.18. The van der Waals surface area contributed by atoms with Crippen LogP contribution in [0, 0.1) is 0 Å². The summed E-state index contributed by atoms with van der Waals surface area (Å²) in [6.45, 7) is 3.21. The minimum Gasteiger partial charge on any atom is -0.370 e. The smallest absolute Gasteiger partial charge is 0.130 e. The van der Waals surface area contributed by atoms with E-state index in [4.69, 9.17) is 4.98 Å². The number of benzene rings is 1. The van der Waals surface area contributed by atoms with Gasteiger partial charge in [0.05, 0.1) is 5.69 Å². The minimum absolute atomic E-state index is 0.300. The highest BCUT2D eigenvalue weighted by atomic mass is 15.0. The van der Waals surface area contributed by atoms with Gasteiger partial charge in [-0.3, -0.25) is 0 Å². The van der Waals surface area contributed by atoms with Crippen molar-refractivity contribution in [3.05, 3.63) is 66.1 Å².